The summed E-state index contributed by atoms with van der Waals surface area (Å²) in [6, 6.07) is 13.1. The first-order valence-corrected chi connectivity index (χ1v) is 7.08. The van der Waals surface area contributed by atoms with E-state index in [2.05, 4.69) is 0 Å². The first-order chi connectivity index (χ1) is 11.1. The third-order valence-corrected chi connectivity index (χ3v) is 3.68. The zero-order valence-corrected chi connectivity index (χ0v) is 12.2. The molecular formula is C17H14FN3O2. The predicted octanol–water partition coefficient (Wildman–Crippen LogP) is 2.27. The number of benzene rings is 2. The van der Waals surface area contributed by atoms with Crippen LogP contribution < -0.4 is 15.4 Å². The second kappa shape index (κ2) is 5.97. The first kappa shape index (κ1) is 14.9. The Morgan fingerprint density at radius 2 is 2.09 bits per heavy atom. The molecule has 0 fully saturated rings. The summed E-state index contributed by atoms with van der Waals surface area (Å²) < 4.78 is 19.5. The molecule has 116 valence electrons. The Kier molecular flexibility index (Phi) is 3.85. The van der Waals surface area contributed by atoms with Gasteiger partial charge in [-0.15, -0.1) is 0 Å². The average molecular weight is 311 g/mol. The molecule has 1 aliphatic rings. The molecule has 2 aromatic carbocycles. The van der Waals surface area contributed by atoms with E-state index in [4.69, 9.17) is 15.7 Å². The normalized spacial score (nSPS) is 16.4. The molecule has 1 heterocycles. The number of fused-ring (bicyclic) bond motifs is 1. The van der Waals surface area contributed by atoms with E-state index in [1.54, 1.807) is 36.4 Å². The largest absolute Gasteiger partial charge is 0.478 e. The second-order valence-electron chi connectivity index (χ2n) is 5.21. The Morgan fingerprint density at radius 3 is 2.83 bits per heavy atom. The minimum atomic E-state index is -0.878. The van der Waals surface area contributed by atoms with Gasteiger partial charge in [-0.2, -0.15) is 5.26 Å². The van der Waals surface area contributed by atoms with Crippen molar-refractivity contribution in [2.24, 2.45) is 0 Å². The highest BCUT2D eigenvalue weighted by Gasteiger charge is 2.34. The van der Waals surface area contributed by atoms with Gasteiger partial charge in [-0.1, -0.05) is 18.2 Å². The third-order valence-electron chi connectivity index (χ3n) is 3.68. The molecule has 1 aliphatic heterocycles. The predicted molar refractivity (Wildman–Crippen MR) is 83.3 cm³/mol. The summed E-state index contributed by atoms with van der Waals surface area (Å²) in [5.41, 5.74) is 7.06. The number of rotatable bonds is 3. The van der Waals surface area contributed by atoms with E-state index in [1.807, 2.05) is 6.07 Å². The van der Waals surface area contributed by atoms with Crippen molar-refractivity contribution in [3.8, 4) is 11.8 Å². The Labute approximate surface area is 132 Å². The van der Waals surface area contributed by atoms with Gasteiger partial charge in [0.15, 0.2) is 6.10 Å². The van der Waals surface area contributed by atoms with E-state index >= 15 is 0 Å². The van der Waals surface area contributed by atoms with Gasteiger partial charge in [0.25, 0.3) is 5.91 Å². The molecule has 1 amide bonds. The smallest absolute Gasteiger partial charge is 0.269 e. The number of hydrogen-bond donors (Lipinski definition) is 1. The van der Waals surface area contributed by atoms with Crippen LogP contribution in [0, 0.1) is 17.1 Å². The summed E-state index contributed by atoms with van der Waals surface area (Å²) in [5, 5.41) is 8.98. The number of amides is 1. The van der Waals surface area contributed by atoms with Gasteiger partial charge in [0, 0.05) is 12.1 Å². The number of halogens is 1. The summed E-state index contributed by atoms with van der Waals surface area (Å²) in [6.45, 7) is -0.119. The number of ether oxygens (including phenoxy) is 1. The van der Waals surface area contributed by atoms with Gasteiger partial charge >= 0.3 is 0 Å². The van der Waals surface area contributed by atoms with Crippen molar-refractivity contribution in [1.29, 1.82) is 5.26 Å². The summed E-state index contributed by atoms with van der Waals surface area (Å²) in [6.07, 6.45) is -0.784. The van der Waals surface area contributed by atoms with Gasteiger partial charge in [0.1, 0.15) is 18.1 Å². The van der Waals surface area contributed by atoms with Crippen molar-refractivity contribution in [3.63, 3.8) is 0 Å². The Hall–Kier alpha value is -3.07. The summed E-state index contributed by atoms with van der Waals surface area (Å²) >= 11 is 0. The quantitative estimate of drug-likeness (QED) is 0.696. The molecule has 2 N–H and O–H groups in total. The fourth-order valence-corrected chi connectivity index (χ4v) is 2.57. The SMILES string of the molecule is N#CCN1C(=O)C(Cc2ccccc2F)Oc2ccc(N)cc21. The number of nitrogens with two attached hydrogens (primary N) is 1. The highest BCUT2D eigenvalue weighted by Crippen LogP contribution is 2.36. The molecule has 0 radical (unpaired) electrons. The minimum absolute atomic E-state index is 0.0945. The highest BCUT2D eigenvalue weighted by molar-refractivity contribution is 6.01. The van der Waals surface area contributed by atoms with Crippen LogP contribution in [0.3, 0.4) is 0 Å². The third kappa shape index (κ3) is 2.81. The molecule has 3 rings (SSSR count). The number of anilines is 2. The van der Waals surface area contributed by atoms with Crippen molar-refractivity contribution >= 4 is 17.3 Å². The highest BCUT2D eigenvalue weighted by atomic mass is 19.1. The van der Waals surface area contributed by atoms with Gasteiger partial charge in [-0.3, -0.25) is 9.69 Å². The molecule has 1 atom stereocenters. The maximum absolute atomic E-state index is 13.8. The molecule has 0 aromatic heterocycles. The summed E-state index contributed by atoms with van der Waals surface area (Å²) in [7, 11) is 0. The van der Waals surface area contributed by atoms with Crippen LogP contribution in [-0.2, 0) is 11.2 Å². The van der Waals surface area contributed by atoms with Crippen molar-refractivity contribution < 1.29 is 13.9 Å². The zero-order chi connectivity index (χ0) is 16.4. The lowest BCUT2D eigenvalue weighted by molar-refractivity contribution is -0.126. The summed E-state index contributed by atoms with van der Waals surface area (Å²) in [5.74, 6) is -0.317. The van der Waals surface area contributed by atoms with Gasteiger partial charge in [-0.05, 0) is 29.8 Å². The van der Waals surface area contributed by atoms with Crippen LogP contribution >= 0.6 is 0 Å². The molecule has 2 aromatic rings. The number of nitriles is 1. The fraction of sp³-hybridized carbons (Fsp3) is 0.176. The van der Waals surface area contributed by atoms with Crippen LogP contribution in [0.1, 0.15) is 5.56 Å². The van der Waals surface area contributed by atoms with Gasteiger partial charge in [0.2, 0.25) is 0 Å². The lowest BCUT2D eigenvalue weighted by Gasteiger charge is -2.33. The van der Waals surface area contributed by atoms with Crippen molar-refractivity contribution in [3.05, 3.63) is 53.8 Å². The molecule has 0 spiro atoms. The molecule has 0 saturated carbocycles. The maximum Gasteiger partial charge on any atom is 0.269 e. The van der Waals surface area contributed by atoms with E-state index in [0.29, 0.717) is 22.7 Å². The van der Waals surface area contributed by atoms with E-state index in [0.717, 1.165) is 0 Å². The first-order valence-electron chi connectivity index (χ1n) is 7.08. The summed E-state index contributed by atoms with van der Waals surface area (Å²) in [4.78, 5) is 13.9. The molecule has 23 heavy (non-hydrogen) atoms. The second-order valence-corrected chi connectivity index (χ2v) is 5.21. The minimum Gasteiger partial charge on any atom is -0.478 e. The lowest BCUT2D eigenvalue weighted by Crippen LogP contribution is -2.47. The number of nitrogen functional groups attached to an aromatic ring is 1. The van der Waals surface area contributed by atoms with Crippen molar-refractivity contribution in [1.82, 2.24) is 0 Å². The Bertz CT molecular complexity index is 801. The van der Waals surface area contributed by atoms with Crippen LogP contribution in [0.15, 0.2) is 42.5 Å². The van der Waals surface area contributed by atoms with Crippen LogP contribution in [0.2, 0.25) is 0 Å². The standard InChI is InChI=1S/C17H14FN3O2/c18-13-4-2-1-3-11(13)9-16-17(22)21(8-7-19)14-10-12(20)5-6-15(14)23-16/h1-6,10,16H,8-9,20H2. The van der Waals surface area contributed by atoms with Gasteiger partial charge < -0.3 is 10.5 Å². The van der Waals surface area contributed by atoms with Crippen molar-refractivity contribution in [2.75, 3.05) is 17.2 Å². The molecule has 0 aliphatic carbocycles. The Morgan fingerprint density at radius 1 is 1.30 bits per heavy atom. The molecule has 0 saturated heterocycles. The van der Waals surface area contributed by atoms with Crippen LogP contribution in [0.5, 0.6) is 5.75 Å². The van der Waals surface area contributed by atoms with Crippen LogP contribution in [-0.4, -0.2) is 18.6 Å². The number of carbonyl (C=O) groups is 1. The fourth-order valence-electron chi connectivity index (χ4n) is 2.57. The Balaban J connectivity index is 1.95. The zero-order valence-electron chi connectivity index (χ0n) is 12.2. The molecule has 6 heteroatoms. The van der Waals surface area contributed by atoms with E-state index < -0.39 is 6.10 Å². The molecule has 0 bridgehead atoms. The average Bonchev–Trinajstić information content (AvgIpc) is 2.54. The molecule has 1 unspecified atom stereocenters. The molecular weight excluding hydrogens is 297 g/mol. The van der Waals surface area contributed by atoms with E-state index in [1.165, 1.54) is 11.0 Å². The van der Waals surface area contributed by atoms with Crippen LogP contribution in [0.25, 0.3) is 0 Å². The maximum atomic E-state index is 13.8. The van der Waals surface area contributed by atoms with Gasteiger partial charge in [0.05, 0.1) is 11.8 Å². The molecule has 5 nitrogen and oxygen atoms in total. The van der Waals surface area contributed by atoms with Crippen molar-refractivity contribution in [2.45, 2.75) is 12.5 Å². The van der Waals surface area contributed by atoms with E-state index in [-0.39, 0.29) is 24.7 Å². The number of hydrogen-bond acceptors (Lipinski definition) is 4. The lowest BCUT2D eigenvalue weighted by atomic mass is 10.0. The van der Waals surface area contributed by atoms with Crippen LogP contribution in [0.4, 0.5) is 15.8 Å². The number of carbonyl (C=O) groups excluding carboxylic acids is 1. The monoisotopic (exact) mass is 311 g/mol. The topological polar surface area (TPSA) is 79.3 Å². The number of nitrogens with zero attached hydrogens (tertiary/aromatic N) is 2. The van der Waals surface area contributed by atoms with Gasteiger partial charge in [-0.25, -0.2) is 4.39 Å². The van der Waals surface area contributed by atoms with E-state index in [9.17, 15) is 9.18 Å².